The third kappa shape index (κ3) is 15.4. The second-order valence-corrected chi connectivity index (χ2v) is 29.4. The third-order valence-electron chi connectivity index (χ3n) is 18.4. The molecule has 3 aliphatic heterocycles. The number of rotatable bonds is 12. The van der Waals surface area contributed by atoms with E-state index in [1.807, 2.05) is 138 Å². The molecule has 26 heteroatoms. The molecule has 3 aromatic carbocycles. The second kappa shape index (κ2) is 28.9. The number of carboxylic acids is 1. The van der Waals surface area contributed by atoms with Crippen molar-refractivity contribution in [2.24, 2.45) is 0 Å². The molecule has 0 bridgehead atoms. The van der Waals surface area contributed by atoms with Crippen LogP contribution < -0.4 is 17.2 Å². The number of ether oxygens (including phenoxy) is 2. The van der Waals surface area contributed by atoms with E-state index in [-0.39, 0.29) is 36.2 Å². The summed E-state index contributed by atoms with van der Waals surface area (Å²) in [5.74, 6) is 1.14. The van der Waals surface area contributed by atoms with E-state index in [0.717, 1.165) is 176 Å². The standard InChI is InChI=1S/C26H29BrN6O2.C26H30N6O2.C22H21BrN6O2/c1-26(2,3)35-21(34)15-32-10-8-16(9-11-32)23-22(27)24(28)33-25(31-23)19(14-30-33)18-12-17-6-4-5-7-20(17)29-13-18;1-26(2,3)34-24(33)16-31-10-8-17(9-11-31)22-13-23(27)32-25(30-22)20(15-29-32)19-12-18-6-4-5-7-21(18)28-14-19;23-19-20(13-5-7-28(8-6-13)12-18(30)31)27-22-16(11-26-29(22)21(19)24)15-9-14-3-1-2-4-17(14)25-10-15/h4-7,12-14,16H,8-11,15,28H2,1-3H3;4-7,12-15,17H,8-11,16,27H2,1-3H3;1-4,9-11,13H,5-8,12,24H2,(H,30,31). The number of nitrogen functional groups attached to an aromatic ring is 3. The molecule has 0 aliphatic carbocycles. The molecule has 15 rings (SSSR count). The zero-order valence-corrected chi connectivity index (χ0v) is 59.9. The van der Waals surface area contributed by atoms with Crippen molar-refractivity contribution in [2.75, 3.05) is 76.1 Å². The van der Waals surface area contributed by atoms with Gasteiger partial charge in [0.1, 0.15) is 28.7 Å². The summed E-state index contributed by atoms with van der Waals surface area (Å²) in [7, 11) is 0. The lowest BCUT2D eigenvalue weighted by Gasteiger charge is -2.32. The summed E-state index contributed by atoms with van der Waals surface area (Å²) in [4.78, 5) is 70.4. The Bertz CT molecular complexity index is 5040. The number of hydrogen-bond donors (Lipinski definition) is 4. The zero-order valence-electron chi connectivity index (χ0n) is 56.7. The molecule has 3 aliphatic rings. The minimum atomic E-state index is -0.795. The lowest BCUT2D eigenvalue weighted by Crippen LogP contribution is -2.39. The van der Waals surface area contributed by atoms with E-state index in [4.69, 9.17) is 46.7 Å². The monoisotopic (exact) mass is 1470 g/mol. The fourth-order valence-corrected chi connectivity index (χ4v) is 14.6. The molecule has 516 valence electrons. The number of hydrogen-bond acceptors (Lipinski definition) is 20. The van der Waals surface area contributed by atoms with E-state index in [1.54, 1.807) is 32.1 Å². The Labute approximate surface area is 594 Å². The summed E-state index contributed by atoms with van der Waals surface area (Å²) >= 11 is 7.30. The molecule has 3 saturated heterocycles. The SMILES string of the molecule is CC(C)(C)OC(=O)CN1CCC(c2cc(N)n3ncc(-c4cnc5ccccc5c4)c3n2)CC1.CC(C)(C)OC(=O)CN1CCC(c2nc3c(-c4cnc5ccccc5c4)cnn3c(N)c2Br)CC1.Nc1c(Br)c(C2CCN(CC(=O)O)CC2)nc2c(-c3cnc4ccccc4c3)cnn12. The molecule has 0 spiro atoms. The van der Waals surface area contributed by atoms with Crippen molar-refractivity contribution in [1.82, 2.24) is 73.4 Å². The van der Waals surface area contributed by atoms with Crippen LogP contribution in [0.3, 0.4) is 0 Å². The van der Waals surface area contributed by atoms with Crippen molar-refractivity contribution >= 4 is 117 Å². The smallest absolute Gasteiger partial charge is 0.320 e. The number of fused-ring (bicyclic) bond motifs is 6. The minimum Gasteiger partial charge on any atom is -0.480 e. The molecule has 7 N–H and O–H groups in total. The topological polar surface area (TPSA) is 307 Å². The highest BCUT2D eigenvalue weighted by Gasteiger charge is 2.32. The molecular formula is C74H80Br2N18O6. The van der Waals surface area contributed by atoms with Gasteiger partial charge in [-0.05, 0) is 188 Å². The summed E-state index contributed by atoms with van der Waals surface area (Å²) in [5.41, 5.74) is 31.7. The van der Waals surface area contributed by atoms with Crippen LogP contribution in [0.5, 0.6) is 0 Å². The molecule has 0 amide bonds. The molecule has 3 fully saturated rings. The highest BCUT2D eigenvalue weighted by atomic mass is 79.9. The first-order valence-electron chi connectivity index (χ1n) is 33.6. The molecule has 0 radical (unpaired) electrons. The number of carboxylic acid groups (broad SMARTS) is 1. The minimum absolute atomic E-state index is 0.0736. The normalized spacial score (nSPS) is 15.7. The summed E-state index contributed by atoms with van der Waals surface area (Å²) in [6.07, 6.45) is 16.2. The number of piperidine rings is 3. The fraction of sp³-hybridized carbons (Fsp3) is 0.351. The van der Waals surface area contributed by atoms with Crippen molar-refractivity contribution in [2.45, 2.75) is 109 Å². The number of carbonyl (C=O) groups is 3. The number of pyridine rings is 3. The molecule has 24 nitrogen and oxygen atoms in total. The number of halogens is 2. The van der Waals surface area contributed by atoms with E-state index < -0.39 is 17.2 Å². The van der Waals surface area contributed by atoms with Gasteiger partial charge < -0.3 is 31.8 Å². The van der Waals surface area contributed by atoms with Crippen LogP contribution in [0.1, 0.15) is 115 Å². The number of nitrogens with two attached hydrogens (primary N) is 3. The Morgan fingerprint density at radius 1 is 0.470 bits per heavy atom. The molecule has 100 heavy (non-hydrogen) atoms. The summed E-state index contributed by atoms with van der Waals surface area (Å²) < 4.78 is 17.5. The Morgan fingerprint density at radius 2 is 0.810 bits per heavy atom. The number of aromatic nitrogens is 12. The quantitative estimate of drug-likeness (QED) is 0.0826. The van der Waals surface area contributed by atoms with Gasteiger partial charge in [-0.2, -0.15) is 28.8 Å². The number of likely N-dealkylation sites (tertiary alicyclic amines) is 3. The van der Waals surface area contributed by atoms with Gasteiger partial charge in [-0.25, -0.2) is 15.0 Å². The van der Waals surface area contributed by atoms with E-state index in [0.29, 0.717) is 41.8 Å². The van der Waals surface area contributed by atoms with Crippen molar-refractivity contribution in [3.8, 4) is 33.4 Å². The summed E-state index contributed by atoms with van der Waals surface area (Å²) in [5, 5.41) is 25.7. The zero-order chi connectivity index (χ0) is 70.1. The molecule has 12 aromatic rings. The van der Waals surface area contributed by atoms with Gasteiger partial charge in [-0.3, -0.25) is 44.0 Å². The number of nitrogens with zero attached hydrogens (tertiary/aromatic N) is 15. The Hall–Kier alpha value is -9.60. The van der Waals surface area contributed by atoms with Crippen LogP contribution in [0, 0.1) is 0 Å². The first kappa shape index (κ1) is 68.9. The molecule has 0 unspecified atom stereocenters. The van der Waals surface area contributed by atoms with Gasteiger partial charge in [0.25, 0.3) is 0 Å². The Balaban J connectivity index is 0.000000135. The first-order chi connectivity index (χ1) is 48.0. The number of anilines is 3. The van der Waals surface area contributed by atoms with Gasteiger partial charge in [-0.15, -0.1) is 0 Å². The Morgan fingerprint density at radius 3 is 1.18 bits per heavy atom. The molecule has 0 saturated carbocycles. The van der Waals surface area contributed by atoms with E-state index in [1.165, 1.54) is 0 Å². The van der Waals surface area contributed by atoms with Crippen LogP contribution in [0.4, 0.5) is 17.5 Å². The maximum atomic E-state index is 12.2. The largest absolute Gasteiger partial charge is 0.480 e. The van der Waals surface area contributed by atoms with Crippen molar-refractivity contribution in [3.63, 3.8) is 0 Å². The molecule has 12 heterocycles. The average molecular weight is 1480 g/mol. The molecule has 9 aromatic heterocycles. The van der Waals surface area contributed by atoms with Crippen LogP contribution in [0.25, 0.3) is 83.0 Å². The van der Waals surface area contributed by atoms with E-state index in [9.17, 15) is 14.4 Å². The molecule has 0 atom stereocenters. The predicted octanol–water partition coefficient (Wildman–Crippen LogP) is 12.4. The van der Waals surface area contributed by atoms with Crippen LogP contribution in [0.2, 0.25) is 0 Å². The van der Waals surface area contributed by atoms with Crippen LogP contribution >= 0.6 is 31.9 Å². The van der Waals surface area contributed by atoms with Gasteiger partial charge in [-0.1, -0.05) is 54.6 Å². The molecular weight excluding hydrogens is 1400 g/mol. The van der Waals surface area contributed by atoms with E-state index in [2.05, 4.69) is 96.2 Å². The number of aliphatic carboxylic acids is 1. The fourth-order valence-electron chi connectivity index (χ4n) is 13.5. The number of para-hydroxylation sites is 3. The van der Waals surface area contributed by atoms with Gasteiger partial charge in [0.15, 0.2) is 16.9 Å². The predicted molar refractivity (Wildman–Crippen MR) is 394 cm³/mol. The lowest BCUT2D eigenvalue weighted by atomic mass is 9.93. The summed E-state index contributed by atoms with van der Waals surface area (Å²) in [6.45, 7) is 16.7. The first-order valence-corrected chi connectivity index (χ1v) is 35.2. The number of esters is 2. The second-order valence-electron chi connectivity index (χ2n) is 27.8. The van der Waals surface area contributed by atoms with Gasteiger partial charge in [0, 0.05) is 97.6 Å². The number of benzene rings is 3. The maximum Gasteiger partial charge on any atom is 0.320 e. The van der Waals surface area contributed by atoms with Gasteiger partial charge in [0.05, 0.1) is 75.1 Å². The highest BCUT2D eigenvalue weighted by Crippen LogP contribution is 2.40. The number of carbonyl (C=O) groups excluding carboxylic acids is 2. The van der Waals surface area contributed by atoms with Crippen LogP contribution in [0.15, 0.2) is 143 Å². The lowest BCUT2D eigenvalue weighted by molar-refractivity contribution is -0.157. The maximum absolute atomic E-state index is 12.2. The Kier molecular flexibility index (Phi) is 19.9. The van der Waals surface area contributed by atoms with Crippen LogP contribution in [-0.2, 0) is 23.9 Å². The highest BCUT2D eigenvalue weighted by molar-refractivity contribution is 9.11. The van der Waals surface area contributed by atoms with Crippen molar-refractivity contribution < 1.29 is 29.0 Å². The van der Waals surface area contributed by atoms with E-state index >= 15 is 0 Å². The van der Waals surface area contributed by atoms with Gasteiger partial charge >= 0.3 is 17.9 Å². The third-order valence-corrected chi connectivity index (χ3v) is 20.0. The van der Waals surface area contributed by atoms with Gasteiger partial charge in [0.2, 0.25) is 0 Å². The summed E-state index contributed by atoms with van der Waals surface area (Å²) in [6, 6.07) is 32.3. The average Bonchev–Trinajstić information content (AvgIpc) is 1.62. The van der Waals surface area contributed by atoms with Crippen LogP contribution in [-0.4, -0.2) is 167 Å². The van der Waals surface area contributed by atoms with Crippen molar-refractivity contribution in [3.05, 3.63) is 160 Å². The van der Waals surface area contributed by atoms with Crippen molar-refractivity contribution in [1.29, 1.82) is 0 Å².